The van der Waals surface area contributed by atoms with Crippen LogP contribution in [0.3, 0.4) is 0 Å². The van der Waals surface area contributed by atoms with E-state index in [1.807, 2.05) is 0 Å². The maximum Gasteiger partial charge on any atom is 0.416 e. The van der Waals surface area contributed by atoms with Gasteiger partial charge in [-0.05, 0) is 60.0 Å². The number of para-hydroxylation sites is 1. The summed E-state index contributed by atoms with van der Waals surface area (Å²) in [6.07, 6.45) is -4.83. The summed E-state index contributed by atoms with van der Waals surface area (Å²) in [5.74, 6) is -0.666. The molecule has 6 nitrogen and oxygen atoms in total. The number of methoxy groups -OCH3 is 1. The summed E-state index contributed by atoms with van der Waals surface area (Å²) in [5.41, 5.74) is 1.27. The van der Waals surface area contributed by atoms with Crippen LogP contribution in [-0.4, -0.2) is 35.7 Å². The van der Waals surface area contributed by atoms with Gasteiger partial charge in [-0.1, -0.05) is 30.3 Å². The van der Waals surface area contributed by atoms with Gasteiger partial charge in [0.25, 0.3) is 0 Å². The van der Waals surface area contributed by atoms with Crippen molar-refractivity contribution in [1.29, 1.82) is 0 Å². The Morgan fingerprint density at radius 2 is 1.71 bits per heavy atom. The summed E-state index contributed by atoms with van der Waals surface area (Å²) in [6, 6.07) is 16.3. The van der Waals surface area contributed by atoms with E-state index in [0.29, 0.717) is 28.1 Å². The second kappa shape index (κ2) is 10.9. The monoisotopic (exact) mass is 486 g/mol. The van der Waals surface area contributed by atoms with Crippen molar-refractivity contribution in [1.82, 2.24) is 4.90 Å². The van der Waals surface area contributed by atoms with Crippen LogP contribution in [0.4, 0.5) is 23.7 Å². The molecule has 0 fully saturated rings. The van der Waals surface area contributed by atoms with Gasteiger partial charge in [0, 0.05) is 24.3 Å². The zero-order valence-electron chi connectivity index (χ0n) is 19.2. The smallest absolute Gasteiger partial charge is 0.416 e. The average molecular weight is 486 g/mol. The predicted octanol–water partition coefficient (Wildman–Crippen LogP) is 6.06. The third-order valence-electron chi connectivity index (χ3n) is 5.40. The highest BCUT2D eigenvalue weighted by Crippen LogP contribution is 2.38. The summed E-state index contributed by atoms with van der Waals surface area (Å²) in [7, 11) is 1.42. The maximum absolute atomic E-state index is 13.5. The van der Waals surface area contributed by atoms with E-state index >= 15 is 0 Å². The molecule has 3 aromatic rings. The molecule has 0 unspecified atom stereocenters. The summed E-state index contributed by atoms with van der Waals surface area (Å²) in [6.45, 7) is 1.86. The van der Waals surface area contributed by atoms with Gasteiger partial charge in [-0.3, -0.25) is 4.79 Å². The largest absolute Gasteiger partial charge is 0.496 e. The number of halogens is 3. The lowest BCUT2D eigenvalue weighted by atomic mass is 9.94. The quantitative estimate of drug-likeness (QED) is 0.406. The first-order valence-electron chi connectivity index (χ1n) is 10.8. The molecule has 3 rings (SSSR count). The van der Waals surface area contributed by atoms with Gasteiger partial charge < -0.3 is 20.1 Å². The van der Waals surface area contributed by atoms with E-state index in [4.69, 9.17) is 9.84 Å². The Balaban J connectivity index is 2.06. The number of hydrogen-bond acceptors (Lipinski definition) is 3. The Kier molecular flexibility index (Phi) is 8.01. The van der Waals surface area contributed by atoms with Crippen molar-refractivity contribution < 1.29 is 32.6 Å². The number of carboxylic acid groups (broad SMARTS) is 1. The van der Waals surface area contributed by atoms with E-state index in [9.17, 15) is 22.8 Å². The van der Waals surface area contributed by atoms with Crippen molar-refractivity contribution in [2.75, 3.05) is 19.0 Å². The molecule has 2 N–H and O–H groups in total. The van der Waals surface area contributed by atoms with Crippen LogP contribution in [-0.2, 0) is 23.9 Å². The molecular weight excluding hydrogens is 461 g/mol. The molecule has 0 radical (unpaired) electrons. The van der Waals surface area contributed by atoms with Crippen LogP contribution in [0.1, 0.15) is 23.6 Å². The first-order chi connectivity index (χ1) is 16.6. The molecule has 9 heteroatoms. The number of carbonyl (C=O) groups is 2. The van der Waals surface area contributed by atoms with Gasteiger partial charge in [0.1, 0.15) is 5.75 Å². The van der Waals surface area contributed by atoms with Gasteiger partial charge >= 0.3 is 18.2 Å². The van der Waals surface area contributed by atoms with Gasteiger partial charge in [0.15, 0.2) is 0 Å². The van der Waals surface area contributed by atoms with E-state index in [1.165, 1.54) is 18.1 Å². The van der Waals surface area contributed by atoms with Crippen LogP contribution >= 0.6 is 0 Å². The Morgan fingerprint density at radius 1 is 1.00 bits per heavy atom. The Hall–Kier alpha value is -4.01. The number of hydrogen-bond donors (Lipinski definition) is 2. The molecule has 0 spiro atoms. The molecule has 0 aliphatic carbocycles. The number of urea groups is 1. The van der Waals surface area contributed by atoms with E-state index in [2.05, 4.69) is 5.32 Å². The number of amides is 2. The van der Waals surface area contributed by atoms with E-state index < -0.39 is 23.7 Å². The van der Waals surface area contributed by atoms with Crippen LogP contribution in [0.15, 0.2) is 66.7 Å². The second-order valence-corrected chi connectivity index (χ2v) is 7.79. The number of rotatable bonds is 8. The molecule has 2 amide bonds. The van der Waals surface area contributed by atoms with Crippen molar-refractivity contribution in [3.05, 3.63) is 83.4 Å². The van der Waals surface area contributed by atoms with Crippen molar-refractivity contribution in [3.63, 3.8) is 0 Å². The minimum Gasteiger partial charge on any atom is -0.496 e. The Morgan fingerprint density at radius 3 is 2.31 bits per heavy atom. The Bertz CT molecular complexity index is 1200. The van der Waals surface area contributed by atoms with E-state index in [-0.39, 0.29) is 25.1 Å². The number of anilines is 1. The van der Waals surface area contributed by atoms with E-state index in [0.717, 1.165) is 12.1 Å². The van der Waals surface area contributed by atoms with Crippen molar-refractivity contribution in [2.45, 2.75) is 26.1 Å². The summed E-state index contributed by atoms with van der Waals surface area (Å²) >= 11 is 0. The summed E-state index contributed by atoms with van der Waals surface area (Å²) in [4.78, 5) is 25.5. The predicted molar refractivity (Wildman–Crippen MR) is 126 cm³/mol. The molecule has 0 aliphatic rings. The zero-order chi connectivity index (χ0) is 25.6. The molecule has 0 heterocycles. The topological polar surface area (TPSA) is 78.9 Å². The SMILES string of the molecule is CCN(Cc1cc(C(F)(F)F)ccc1-c1cc(CC(=O)O)ccc1OC)C(=O)Nc1ccccc1. The normalized spacial score (nSPS) is 11.1. The minimum absolute atomic E-state index is 0.110. The number of ether oxygens (including phenoxy) is 1. The highest BCUT2D eigenvalue weighted by molar-refractivity contribution is 5.89. The number of carbonyl (C=O) groups excluding carboxylic acids is 1. The lowest BCUT2D eigenvalue weighted by Crippen LogP contribution is -2.34. The molecule has 0 bridgehead atoms. The molecule has 0 saturated carbocycles. The van der Waals surface area contributed by atoms with Crippen LogP contribution in [0.25, 0.3) is 11.1 Å². The van der Waals surface area contributed by atoms with E-state index in [1.54, 1.807) is 55.5 Å². The molecule has 0 saturated heterocycles. The molecule has 3 aromatic carbocycles. The van der Waals surface area contributed by atoms with Crippen LogP contribution in [0, 0.1) is 0 Å². The van der Waals surface area contributed by atoms with Crippen LogP contribution < -0.4 is 10.1 Å². The van der Waals surface area contributed by atoms with Crippen LogP contribution in [0.2, 0.25) is 0 Å². The molecule has 184 valence electrons. The third-order valence-corrected chi connectivity index (χ3v) is 5.40. The van der Waals surface area contributed by atoms with Crippen molar-refractivity contribution >= 4 is 17.7 Å². The first kappa shape index (κ1) is 25.6. The van der Waals surface area contributed by atoms with Gasteiger partial charge in [0.2, 0.25) is 0 Å². The van der Waals surface area contributed by atoms with Gasteiger partial charge in [0.05, 0.1) is 19.1 Å². The summed E-state index contributed by atoms with van der Waals surface area (Å²) < 4.78 is 46.0. The molecule has 35 heavy (non-hydrogen) atoms. The number of alkyl halides is 3. The fourth-order valence-electron chi connectivity index (χ4n) is 3.67. The van der Waals surface area contributed by atoms with Crippen LogP contribution in [0.5, 0.6) is 5.75 Å². The fourth-order valence-corrected chi connectivity index (χ4v) is 3.67. The first-order valence-corrected chi connectivity index (χ1v) is 10.8. The molecule has 0 aliphatic heterocycles. The fraction of sp³-hybridized carbons (Fsp3) is 0.231. The third kappa shape index (κ3) is 6.53. The number of aliphatic carboxylic acids is 1. The maximum atomic E-state index is 13.5. The Labute approximate surface area is 201 Å². The standard InChI is InChI=1S/C26H25F3N2O4/c1-3-31(25(34)30-20-7-5-4-6-8-20)16-18-15-19(26(27,28)29)10-11-21(18)22-13-17(14-24(32)33)9-12-23(22)35-2/h4-13,15H,3,14,16H2,1-2H3,(H,30,34)(H,32,33). The number of nitrogens with zero attached hydrogens (tertiary/aromatic N) is 1. The average Bonchev–Trinajstić information content (AvgIpc) is 2.82. The summed E-state index contributed by atoms with van der Waals surface area (Å²) in [5, 5.41) is 11.9. The lowest BCUT2D eigenvalue weighted by Gasteiger charge is -2.24. The van der Waals surface area contributed by atoms with Gasteiger partial charge in [-0.25, -0.2) is 4.79 Å². The number of carboxylic acids is 1. The van der Waals surface area contributed by atoms with Crippen molar-refractivity contribution in [2.24, 2.45) is 0 Å². The van der Waals surface area contributed by atoms with Gasteiger partial charge in [-0.2, -0.15) is 13.2 Å². The minimum atomic E-state index is -4.58. The lowest BCUT2D eigenvalue weighted by molar-refractivity contribution is -0.138. The van der Waals surface area contributed by atoms with Gasteiger partial charge in [-0.15, -0.1) is 0 Å². The highest BCUT2D eigenvalue weighted by atomic mass is 19.4. The second-order valence-electron chi connectivity index (χ2n) is 7.79. The molecule has 0 atom stereocenters. The van der Waals surface area contributed by atoms with Crippen molar-refractivity contribution in [3.8, 4) is 16.9 Å². The zero-order valence-corrected chi connectivity index (χ0v) is 19.2. The molecule has 0 aromatic heterocycles. The molecular formula is C26H25F3N2O4. The number of benzene rings is 3. The number of nitrogens with one attached hydrogen (secondary N) is 1. The highest BCUT2D eigenvalue weighted by Gasteiger charge is 2.31.